The maximum atomic E-state index is 14.0. The Morgan fingerprint density at radius 1 is 1.37 bits per heavy atom. The second-order valence-electron chi connectivity index (χ2n) is 5.10. The van der Waals surface area contributed by atoms with Gasteiger partial charge in [0.05, 0.1) is 24.3 Å². The van der Waals surface area contributed by atoms with Crippen LogP contribution in [0.2, 0.25) is 0 Å². The fraction of sp³-hybridized carbons (Fsp3) is 0.267. The van der Waals surface area contributed by atoms with E-state index in [-0.39, 0.29) is 23.9 Å². The molecule has 1 atom stereocenters. The number of esters is 1. The van der Waals surface area contributed by atoms with Crippen LogP contribution < -0.4 is 10.6 Å². The first-order valence-electron chi connectivity index (χ1n) is 7.42. The summed E-state index contributed by atoms with van der Waals surface area (Å²) in [6.07, 6.45) is 1.04. The fourth-order valence-electron chi connectivity index (χ4n) is 2.11. The van der Waals surface area contributed by atoms with Gasteiger partial charge in [0, 0.05) is 11.6 Å². The van der Waals surface area contributed by atoms with Gasteiger partial charge in [0.25, 0.3) is 0 Å². The Kier molecular flexibility index (Phi) is 6.96. The molecule has 2 aromatic rings. The van der Waals surface area contributed by atoms with Crippen molar-refractivity contribution in [2.24, 2.45) is 0 Å². The zero-order valence-electron chi connectivity index (χ0n) is 14.2. The van der Waals surface area contributed by atoms with Crippen molar-refractivity contribution in [3.63, 3.8) is 0 Å². The number of carbonyl (C=O) groups is 1. The molecule has 12 heteroatoms. The Bertz CT molecular complexity index is 853. The third-order valence-electron chi connectivity index (χ3n) is 3.32. The number of hydrogen-bond acceptors (Lipinski definition) is 9. The number of nitrogens with one attached hydrogen (secondary N) is 2. The van der Waals surface area contributed by atoms with Crippen LogP contribution >= 0.6 is 15.9 Å². The molecule has 1 heterocycles. The van der Waals surface area contributed by atoms with Crippen molar-refractivity contribution in [2.45, 2.75) is 6.04 Å². The highest BCUT2D eigenvalue weighted by atomic mass is 79.9. The van der Waals surface area contributed by atoms with E-state index in [0.29, 0.717) is 4.47 Å². The zero-order chi connectivity index (χ0) is 20.0. The van der Waals surface area contributed by atoms with Gasteiger partial charge in [-0.15, -0.1) is 0 Å². The summed E-state index contributed by atoms with van der Waals surface area (Å²) in [4.78, 5) is 30.2. The van der Waals surface area contributed by atoms with Gasteiger partial charge in [-0.1, -0.05) is 15.9 Å². The van der Waals surface area contributed by atoms with Crippen molar-refractivity contribution in [3.05, 3.63) is 44.9 Å². The number of methoxy groups -OCH3 is 2. The van der Waals surface area contributed by atoms with Crippen molar-refractivity contribution in [3.8, 4) is 0 Å². The van der Waals surface area contributed by atoms with Crippen LogP contribution in [0.25, 0.3) is 0 Å². The highest BCUT2D eigenvalue weighted by Crippen LogP contribution is 2.32. The van der Waals surface area contributed by atoms with Crippen LogP contribution in [-0.2, 0) is 14.3 Å². The van der Waals surface area contributed by atoms with E-state index in [9.17, 15) is 19.3 Å². The molecular weight excluding hydrogens is 429 g/mol. The minimum absolute atomic E-state index is 0.0210. The predicted octanol–water partition coefficient (Wildman–Crippen LogP) is 2.63. The minimum atomic E-state index is -1.04. The summed E-state index contributed by atoms with van der Waals surface area (Å²) in [6.45, 7) is -0.113. The largest absolute Gasteiger partial charge is 0.467 e. The predicted molar refractivity (Wildman–Crippen MR) is 97.4 cm³/mol. The molecule has 1 aromatic carbocycles. The quantitative estimate of drug-likeness (QED) is 0.359. The van der Waals surface area contributed by atoms with Gasteiger partial charge < -0.3 is 20.1 Å². The lowest BCUT2D eigenvalue weighted by Crippen LogP contribution is -2.35. The average molecular weight is 444 g/mol. The summed E-state index contributed by atoms with van der Waals surface area (Å²) in [7, 11) is 2.53. The molecular formula is C15H15BrFN5O5. The molecule has 1 aromatic heterocycles. The van der Waals surface area contributed by atoms with E-state index < -0.39 is 28.4 Å². The first-order chi connectivity index (χ1) is 12.9. The van der Waals surface area contributed by atoms with Crippen LogP contribution in [0.5, 0.6) is 0 Å². The highest BCUT2D eigenvalue weighted by molar-refractivity contribution is 9.10. The molecule has 0 aliphatic heterocycles. The highest BCUT2D eigenvalue weighted by Gasteiger charge is 2.28. The number of aromatic nitrogens is 2. The molecule has 0 radical (unpaired) electrons. The summed E-state index contributed by atoms with van der Waals surface area (Å²) in [6, 6.07) is 3.11. The number of benzene rings is 1. The monoisotopic (exact) mass is 443 g/mol. The maximum Gasteiger partial charge on any atom is 0.353 e. The molecule has 10 nitrogen and oxygen atoms in total. The summed E-state index contributed by atoms with van der Waals surface area (Å²) in [5, 5.41) is 16.7. The molecule has 2 N–H and O–H groups in total. The molecule has 27 heavy (non-hydrogen) atoms. The third kappa shape index (κ3) is 5.08. The van der Waals surface area contributed by atoms with Gasteiger partial charge in [-0.25, -0.2) is 19.2 Å². The van der Waals surface area contributed by atoms with Crippen LogP contribution in [-0.4, -0.2) is 47.7 Å². The number of nitro groups is 1. The van der Waals surface area contributed by atoms with Gasteiger partial charge in [-0.05, 0) is 18.2 Å². The van der Waals surface area contributed by atoms with Gasteiger partial charge in [-0.2, -0.15) is 0 Å². The van der Waals surface area contributed by atoms with Crippen molar-refractivity contribution in [2.75, 3.05) is 31.5 Å². The minimum Gasteiger partial charge on any atom is -0.467 e. The van der Waals surface area contributed by atoms with Crippen LogP contribution in [0.15, 0.2) is 29.0 Å². The molecule has 144 valence electrons. The SMILES string of the molecule is COC[C@@H](Nc1ncnc(Nc2ccc(Br)cc2F)c1[N+](=O)[O-])C(=O)OC. The first-order valence-corrected chi connectivity index (χ1v) is 8.21. The Balaban J connectivity index is 2.41. The van der Waals surface area contributed by atoms with E-state index in [1.54, 1.807) is 6.07 Å². The van der Waals surface area contributed by atoms with Crippen LogP contribution in [0.1, 0.15) is 0 Å². The summed E-state index contributed by atoms with van der Waals surface area (Å²) in [5.74, 6) is -1.83. The number of hydrogen-bond donors (Lipinski definition) is 2. The van der Waals surface area contributed by atoms with E-state index in [2.05, 4.69) is 41.3 Å². The van der Waals surface area contributed by atoms with Crippen molar-refractivity contribution >= 4 is 44.9 Å². The molecule has 0 saturated carbocycles. The number of nitrogens with zero attached hydrogens (tertiary/aromatic N) is 3. The Morgan fingerprint density at radius 3 is 2.67 bits per heavy atom. The number of ether oxygens (including phenoxy) is 2. The lowest BCUT2D eigenvalue weighted by atomic mass is 10.3. The Morgan fingerprint density at radius 2 is 2.07 bits per heavy atom. The molecule has 0 bridgehead atoms. The molecule has 0 aliphatic carbocycles. The van der Waals surface area contributed by atoms with E-state index in [4.69, 9.17) is 4.74 Å². The standard InChI is InChI=1S/C15H15BrFN5O5/c1-26-6-11(15(23)27-2)21-14-12(22(24)25)13(18-7-19-14)20-10-4-3-8(16)5-9(10)17/h3-5,7,11H,6H2,1-2H3,(H2,18,19,20,21)/t11-/m1/s1. The van der Waals surface area contributed by atoms with Crippen LogP contribution in [0.3, 0.4) is 0 Å². The Labute approximate surface area is 161 Å². The van der Waals surface area contributed by atoms with Gasteiger partial charge in [0.15, 0.2) is 0 Å². The molecule has 0 aliphatic rings. The lowest BCUT2D eigenvalue weighted by molar-refractivity contribution is -0.383. The topological polar surface area (TPSA) is 129 Å². The summed E-state index contributed by atoms with van der Waals surface area (Å²) in [5.41, 5.74) is -0.586. The van der Waals surface area contributed by atoms with Crippen molar-refractivity contribution < 1.29 is 23.6 Å². The normalized spacial score (nSPS) is 11.6. The lowest BCUT2D eigenvalue weighted by Gasteiger charge is -2.16. The van der Waals surface area contributed by atoms with E-state index in [1.807, 2.05) is 0 Å². The van der Waals surface area contributed by atoms with Crippen LogP contribution in [0.4, 0.5) is 27.4 Å². The van der Waals surface area contributed by atoms with Gasteiger partial charge in [0.2, 0.25) is 11.6 Å². The van der Waals surface area contributed by atoms with E-state index >= 15 is 0 Å². The maximum absolute atomic E-state index is 14.0. The zero-order valence-corrected chi connectivity index (χ0v) is 15.8. The van der Waals surface area contributed by atoms with Crippen LogP contribution in [0, 0.1) is 15.9 Å². The van der Waals surface area contributed by atoms with E-state index in [1.165, 1.54) is 26.4 Å². The number of anilines is 3. The average Bonchev–Trinajstić information content (AvgIpc) is 2.63. The van der Waals surface area contributed by atoms with Crippen molar-refractivity contribution in [1.82, 2.24) is 9.97 Å². The van der Waals surface area contributed by atoms with Gasteiger partial charge in [-0.3, -0.25) is 10.1 Å². The van der Waals surface area contributed by atoms with E-state index in [0.717, 1.165) is 6.33 Å². The molecule has 0 fully saturated rings. The number of rotatable bonds is 8. The summed E-state index contributed by atoms with van der Waals surface area (Å²) >= 11 is 3.13. The third-order valence-corrected chi connectivity index (χ3v) is 3.81. The number of carbonyl (C=O) groups excluding carboxylic acids is 1. The van der Waals surface area contributed by atoms with Gasteiger partial charge >= 0.3 is 11.7 Å². The molecule has 0 spiro atoms. The molecule has 0 unspecified atom stereocenters. The van der Waals surface area contributed by atoms with Crippen molar-refractivity contribution in [1.29, 1.82) is 0 Å². The van der Waals surface area contributed by atoms with Gasteiger partial charge in [0.1, 0.15) is 18.2 Å². The first kappa shape index (κ1) is 20.5. The molecule has 0 saturated heterocycles. The Hall–Kier alpha value is -2.86. The number of halogens is 2. The second-order valence-corrected chi connectivity index (χ2v) is 6.02. The molecule has 2 rings (SSSR count). The smallest absolute Gasteiger partial charge is 0.353 e. The molecule has 0 amide bonds. The summed E-state index contributed by atoms with van der Waals surface area (Å²) < 4.78 is 24.1. The second kappa shape index (κ2) is 9.19. The fourth-order valence-corrected chi connectivity index (χ4v) is 2.44.